The van der Waals surface area contributed by atoms with Crippen molar-refractivity contribution < 1.29 is 0 Å². The third-order valence-corrected chi connectivity index (χ3v) is 3.77. The van der Waals surface area contributed by atoms with Gasteiger partial charge in [-0.3, -0.25) is 0 Å². The molecule has 0 aromatic heterocycles. The monoisotopic (exact) mass is 301 g/mol. The lowest BCUT2D eigenvalue weighted by atomic mass is 9.89. The topological polar surface area (TPSA) is 64.4 Å². The summed E-state index contributed by atoms with van der Waals surface area (Å²) in [5.74, 6) is 0.0602. The van der Waals surface area contributed by atoms with Crippen LogP contribution < -0.4 is 11.5 Å². The minimum Gasteiger partial charge on any atom is -0.370 e. The Balaban J connectivity index is 2.36. The summed E-state index contributed by atoms with van der Waals surface area (Å²) < 4.78 is 0. The maximum Gasteiger partial charge on any atom is 0.191 e. The fourth-order valence-corrected chi connectivity index (χ4v) is 2.80. The van der Waals surface area contributed by atoms with Crippen molar-refractivity contribution in [1.29, 1.82) is 0 Å². The molecule has 3 heteroatoms. The van der Waals surface area contributed by atoms with Crippen molar-refractivity contribution in [2.45, 2.75) is 6.92 Å². The van der Waals surface area contributed by atoms with Crippen molar-refractivity contribution in [1.82, 2.24) is 0 Å². The Morgan fingerprint density at radius 1 is 0.696 bits per heavy atom. The predicted molar refractivity (Wildman–Crippen MR) is 97.5 cm³/mol. The number of hydrogen-bond acceptors (Lipinski definition) is 1. The van der Waals surface area contributed by atoms with E-state index >= 15 is 0 Å². The Morgan fingerprint density at radius 3 is 1.74 bits per heavy atom. The van der Waals surface area contributed by atoms with Crippen molar-refractivity contribution in [3.63, 3.8) is 0 Å². The maximum atomic E-state index is 5.63. The van der Waals surface area contributed by atoms with Crippen molar-refractivity contribution in [3.05, 3.63) is 78.4 Å². The minimum absolute atomic E-state index is 0.0602. The van der Waals surface area contributed by atoms with Crippen molar-refractivity contribution in [2.24, 2.45) is 16.5 Å². The molecular formula is C20H19N3. The van der Waals surface area contributed by atoms with Crippen LogP contribution >= 0.6 is 0 Å². The molecule has 0 heterocycles. The zero-order valence-corrected chi connectivity index (χ0v) is 13.0. The van der Waals surface area contributed by atoms with Gasteiger partial charge >= 0.3 is 0 Å². The normalized spacial score (nSPS) is 10.3. The summed E-state index contributed by atoms with van der Waals surface area (Å²) >= 11 is 0. The third-order valence-electron chi connectivity index (χ3n) is 3.77. The molecule has 0 bridgehead atoms. The van der Waals surface area contributed by atoms with Gasteiger partial charge in [0.05, 0.1) is 5.69 Å². The molecule has 4 N–H and O–H groups in total. The molecule has 0 aliphatic heterocycles. The van der Waals surface area contributed by atoms with E-state index in [0.717, 1.165) is 27.9 Å². The maximum absolute atomic E-state index is 5.63. The molecule has 0 aliphatic rings. The van der Waals surface area contributed by atoms with Gasteiger partial charge in [0.15, 0.2) is 5.96 Å². The van der Waals surface area contributed by atoms with E-state index in [1.807, 2.05) is 42.5 Å². The fourth-order valence-electron chi connectivity index (χ4n) is 2.80. The zero-order chi connectivity index (χ0) is 16.2. The van der Waals surface area contributed by atoms with Crippen LogP contribution in [0.4, 0.5) is 5.69 Å². The van der Waals surface area contributed by atoms with Gasteiger partial charge in [0, 0.05) is 5.56 Å². The van der Waals surface area contributed by atoms with E-state index in [0.29, 0.717) is 0 Å². The number of aryl methyl sites for hydroxylation is 1. The summed E-state index contributed by atoms with van der Waals surface area (Å²) in [4.78, 5) is 4.34. The number of hydrogen-bond donors (Lipinski definition) is 2. The second-order valence-electron chi connectivity index (χ2n) is 5.42. The lowest BCUT2D eigenvalue weighted by Gasteiger charge is -2.16. The fraction of sp³-hybridized carbons (Fsp3) is 0.0500. The predicted octanol–water partition coefficient (Wildman–Crippen LogP) is 4.23. The lowest BCUT2D eigenvalue weighted by molar-refractivity contribution is 1.39. The molecule has 3 rings (SSSR count). The Hall–Kier alpha value is -3.07. The van der Waals surface area contributed by atoms with Crippen molar-refractivity contribution in [2.75, 3.05) is 0 Å². The molecule has 0 amide bonds. The van der Waals surface area contributed by atoms with Gasteiger partial charge in [0.1, 0.15) is 0 Å². The van der Waals surface area contributed by atoms with E-state index in [9.17, 15) is 0 Å². The second-order valence-corrected chi connectivity index (χ2v) is 5.42. The third kappa shape index (κ3) is 3.09. The van der Waals surface area contributed by atoms with Gasteiger partial charge in [-0.1, -0.05) is 66.7 Å². The van der Waals surface area contributed by atoms with E-state index in [2.05, 4.69) is 42.2 Å². The molecule has 0 radical (unpaired) electrons. The van der Waals surface area contributed by atoms with Gasteiger partial charge in [0.25, 0.3) is 0 Å². The van der Waals surface area contributed by atoms with Gasteiger partial charge in [-0.25, -0.2) is 4.99 Å². The largest absolute Gasteiger partial charge is 0.370 e. The molecule has 3 aromatic carbocycles. The Kier molecular flexibility index (Phi) is 4.11. The summed E-state index contributed by atoms with van der Waals surface area (Å²) in [5.41, 5.74) is 17.7. The number of guanidine groups is 1. The van der Waals surface area contributed by atoms with E-state index < -0.39 is 0 Å². The molecule has 0 saturated heterocycles. The van der Waals surface area contributed by atoms with Crippen LogP contribution in [-0.4, -0.2) is 5.96 Å². The molecule has 0 spiro atoms. The second kappa shape index (κ2) is 6.36. The van der Waals surface area contributed by atoms with E-state index in [-0.39, 0.29) is 5.96 Å². The van der Waals surface area contributed by atoms with Gasteiger partial charge in [-0.05, 0) is 35.2 Å². The van der Waals surface area contributed by atoms with Gasteiger partial charge in [-0.15, -0.1) is 0 Å². The van der Waals surface area contributed by atoms with E-state index in [4.69, 9.17) is 11.5 Å². The number of nitrogens with two attached hydrogens (primary N) is 2. The number of benzene rings is 3. The average molecular weight is 301 g/mol. The van der Waals surface area contributed by atoms with Crippen LogP contribution in [0.25, 0.3) is 22.3 Å². The van der Waals surface area contributed by atoms with Gasteiger partial charge in [0.2, 0.25) is 0 Å². The molecule has 3 nitrogen and oxygen atoms in total. The summed E-state index contributed by atoms with van der Waals surface area (Å²) in [7, 11) is 0. The molecule has 3 aromatic rings. The van der Waals surface area contributed by atoms with E-state index in [1.54, 1.807) is 0 Å². The molecule has 0 atom stereocenters. The first-order valence-electron chi connectivity index (χ1n) is 7.51. The van der Waals surface area contributed by atoms with Gasteiger partial charge < -0.3 is 11.5 Å². The molecule has 0 saturated carbocycles. The highest BCUT2D eigenvalue weighted by atomic mass is 15.0. The number of rotatable bonds is 3. The Morgan fingerprint density at radius 2 is 1.22 bits per heavy atom. The molecular weight excluding hydrogens is 282 g/mol. The summed E-state index contributed by atoms with van der Waals surface area (Å²) in [6.45, 7) is 2.11. The smallest absolute Gasteiger partial charge is 0.191 e. The minimum atomic E-state index is 0.0602. The summed E-state index contributed by atoms with van der Waals surface area (Å²) in [6.07, 6.45) is 0. The highest BCUT2D eigenvalue weighted by molar-refractivity contribution is 5.94. The first-order valence-corrected chi connectivity index (χ1v) is 7.51. The molecule has 0 aliphatic carbocycles. The lowest BCUT2D eigenvalue weighted by Crippen LogP contribution is -2.22. The standard InChI is InChI=1S/C20H19N3/c1-14-12-13-17(23-20(21)22)19(16-10-6-3-7-11-16)18(14)15-8-4-2-5-9-15/h2-13H,1H3,(H4,21,22,23). The Labute approximate surface area is 136 Å². The van der Waals surface area contributed by atoms with Crippen LogP contribution in [0.3, 0.4) is 0 Å². The van der Waals surface area contributed by atoms with Crippen LogP contribution in [-0.2, 0) is 0 Å². The zero-order valence-electron chi connectivity index (χ0n) is 13.0. The highest BCUT2D eigenvalue weighted by Gasteiger charge is 2.14. The quantitative estimate of drug-likeness (QED) is 0.561. The first-order chi connectivity index (χ1) is 11.2. The van der Waals surface area contributed by atoms with Crippen LogP contribution in [0.2, 0.25) is 0 Å². The van der Waals surface area contributed by atoms with Crippen LogP contribution in [0.15, 0.2) is 77.8 Å². The summed E-state index contributed by atoms with van der Waals surface area (Å²) in [6, 6.07) is 24.5. The van der Waals surface area contributed by atoms with Crippen LogP contribution in [0.1, 0.15) is 5.56 Å². The molecule has 0 fully saturated rings. The molecule has 23 heavy (non-hydrogen) atoms. The summed E-state index contributed by atoms with van der Waals surface area (Å²) in [5, 5.41) is 0. The van der Waals surface area contributed by atoms with Gasteiger partial charge in [-0.2, -0.15) is 0 Å². The van der Waals surface area contributed by atoms with Crippen molar-refractivity contribution >= 4 is 11.6 Å². The number of nitrogens with zero attached hydrogens (tertiary/aromatic N) is 1. The van der Waals surface area contributed by atoms with Crippen LogP contribution in [0, 0.1) is 6.92 Å². The Bertz CT molecular complexity index is 834. The number of aliphatic imine (C=N–C) groups is 1. The van der Waals surface area contributed by atoms with Crippen molar-refractivity contribution in [3.8, 4) is 22.3 Å². The average Bonchev–Trinajstić information content (AvgIpc) is 2.57. The molecule has 0 unspecified atom stereocenters. The first kappa shape index (κ1) is 14.9. The highest BCUT2D eigenvalue weighted by Crippen LogP contribution is 2.41. The SMILES string of the molecule is Cc1ccc(N=C(N)N)c(-c2ccccc2)c1-c1ccccc1. The van der Waals surface area contributed by atoms with E-state index in [1.165, 1.54) is 5.56 Å². The van der Waals surface area contributed by atoms with Crippen LogP contribution in [0.5, 0.6) is 0 Å². The molecule has 114 valence electrons.